The highest BCUT2D eigenvalue weighted by molar-refractivity contribution is 5.44. The highest BCUT2D eigenvalue weighted by Crippen LogP contribution is 2.18. The van der Waals surface area contributed by atoms with Crippen LogP contribution in [0.15, 0.2) is 30.3 Å². The predicted octanol–water partition coefficient (Wildman–Crippen LogP) is 2.30. The Morgan fingerprint density at radius 1 is 1.20 bits per heavy atom. The maximum atomic E-state index is 6.05. The van der Waals surface area contributed by atoms with E-state index in [1.807, 2.05) is 30.3 Å². The van der Waals surface area contributed by atoms with Crippen molar-refractivity contribution in [1.29, 1.82) is 0 Å². The Hall–Kier alpha value is -2.01. The zero-order valence-corrected chi connectivity index (χ0v) is 12.3. The van der Waals surface area contributed by atoms with E-state index in [1.54, 1.807) is 11.8 Å². The summed E-state index contributed by atoms with van der Waals surface area (Å²) in [6.07, 6.45) is 0. The van der Waals surface area contributed by atoms with Crippen molar-refractivity contribution < 1.29 is 4.74 Å². The molecule has 0 fully saturated rings. The van der Waals surface area contributed by atoms with E-state index in [9.17, 15) is 0 Å². The molecule has 108 valence electrons. The minimum atomic E-state index is 0.650. The van der Waals surface area contributed by atoms with Crippen molar-refractivity contribution in [2.24, 2.45) is 0 Å². The van der Waals surface area contributed by atoms with Crippen molar-refractivity contribution >= 4 is 5.82 Å². The number of nitrogens with zero attached hydrogens (tertiary/aromatic N) is 3. The molecule has 0 bridgehead atoms. The molecule has 2 rings (SSSR count). The number of nitrogen functional groups attached to an aromatic ring is 1. The van der Waals surface area contributed by atoms with E-state index in [2.05, 4.69) is 23.8 Å². The molecule has 0 unspecified atom stereocenters. The van der Waals surface area contributed by atoms with E-state index in [-0.39, 0.29) is 0 Å². The van der Waals surface area contributed by atoms with Gasteiger partial charge in [-0.05, 0) is 37.4 Å². The summed E-state index contributed by atoms with van der Waals surface area (Å²) >= 11 is 0. The molecule has 5 nitrogen and oxygen atoms in total. The summed E-state index contributed by atoms with van der Waals surface area (Å²) in [5, 5.41) is 4.58. The number of nitrogens with two attached hydrogens (primary N) is 1. The molecule has 0 radical (unpaired) electrons. The van der Waals surface area contributed by atoms with Gasteiger partial charge >= 0.3 is 0 Å². The number of rotatable bonds is 6. The lowest BCUT2D eigenvalue weighted by molar-refractivity contribution is 0.291. The van der Waals surface area contributed by atoms with Crippen molar-refractivity contribution in [3.8, 4) is 11.4 Å². The Bertz CT molecular complexity index is 544. The second kappa shape index (κ2) is 6.43. The Morgan fingerprint density at radius 3 is 2.40 bits per heavy atom. The molecular formula is C15H22N4O. The second-order valence-electron chi connectivity index (χ2n) is 4.63. The normalized spacial score (nSPS) is 11.0. The minimum Gasteiger partial charge on any atom is -0.497 e. The van der Waals surface area contributed by atoms with E-state index in [0.717, 1.165) is 36.8 Å². The smallest absolute Gasteiger partial charge is 0.127 e. The van der Waals surface area contributed by atoms with Crippen LogP contribution in [0, 0.1) is 0 Å². The molecule has 0 atom stereocenters. The van der Waals surface area contributed by atoms with Gasteiger partial charge in [0.1, 0.15) is 11.6 Å². The first-order chi connectivity index (χ1) is 9.67. The van der Waals surface area contributed by atoms with Gasteiger partial charge < -0.3 is 10.5 Å². The van der Waals surface area contributed by atoms with Gasteiger partial charge in [0.05, 0.1) is 18.5 Å². The molecule has 1 heterocycles. The first-order valence-electron chi connectivity index (χ1n) is 6.89. The number of anilines is 1. The van der Waals surface area contributed by atoms with Crippen LogP contribution >= 0.6 is 0 Å². The van der Waals surface area contributed by atoms with Crippen LogP contribution in [-0.4, -0.2) is 34.9 Å². The van der Waals surface area contributed by atoms with Gasteiger partial charge in [0, 0.05) is 12.6 Å². The molecule has 0 saturated carbocycles. The summed E-state index contributed by atoms with van der Waals surface area (Å²) < 4.78 is 6.92. The van der Waals surface area contributed by atoms with Crippen LogP contribution in [-0.2, 0) is 6.54 Å². The SMILES string of the molecule is CCN(CC)Cc1cc(N)n(-c2ccc(OC)cc2)n1. The lowest BCUT2D eigenvalue weighted by Gasteiger charge is -2.15. The maximum Gasteiger partial charge on any atom is 0.127 e. The molecule has 2 aromatic rings. The molecule has 1 aromatic carbocycles. The molecule has 0 amide bonds. The molecular weight excluding hydrogens is 252 g/mol. The first kappa shape index (κ1) is 14.4. The Labute approximate surface area is 119 Å². The van der Waals surface area contributed by atoms with E-state index in [4.69, 9.17) is 10.5 Å². The van der Waals surface area contributed by atoms with Gasteiger partial charge in [-0.25, -0.2) is 4.68 Å². The summed E-state index contributed by atoms with van der Waals surface area (Å²) in [5.74, 6) is 1.47. The number of hydrogen-bond acceptors (Lipinski definition) is 4. The topological polar surface area (TPSA) is 56.3 Å². The largest absolute Gasteiger partial charge is 0.497 e. The van der Waals surface area contributed by atoms with E-state index in [0.29, 0.717) is 5.82 Å². The zero-order valence-electron chi connectivity index (χ0n) is 12.3. The van der Waals surface area contributed by atoms with Crippen LogP contribution in [0.2, 0.25) is 0 Å². The van der Waals surface area contributed by atoms with Crippen molar-refractivity contribution in [1.82, 2.24) is 14.7 Å². The average molecular weight is 274 g/mol. The van der Waals surface area contributed by atoms with Crippen LogP contribution < -0.4 is 10.5 Å². The van der Waals surface area contributed by atoms with Crippen molar-refractivity contribution in [2.75, 3.05) is 25.9 Å². The van der Waals surface area contributed by atoms with E-state index < -0.39 is 0 Å². The van der Waals surface area contributed by atoms with E-state index >= 15 is 0 Å². The van der Waals surface area contributed by atoms with Crippen LogP contribution in [0.4, 0.5) is 5.82 Å². The average Bonchev–Trinajstić information content (AvgIpc) is 2.85. The number of benzene rings is 1. The Balaban J connectivity index is 2.21. The van der Waals surface area contributed by atoms with Gasteiger partial charge in [0.2, 0.25) is 0 Å². The van der Waals surface area contributed by atoms with Crippen molar-refractivity contribution in [2.45, 2.75) is 20.4 Å². The summed E-state index contributed by atoms with van der Waals surface area (Å²) in [6.45, 7) is 7.12. The fourth-order valence-corrected chi connectivity index (χ4v) is 2.13. The highest BCUT2D eigenvalue weighted by Gasteiger charge is 2.09. The van der Waals surface area contributed by atoms with Gasteiger partial charge in [-0.1, -0.05) is 13.8 Å². The third-order valence-corrected chi connectivity index (χ3v) is 3.38. The number of methoxy groups -OCH3 is 1. The Kier molecular flexibility index (Phi) is 4.63. The molecule has 0 aliphatic heterocycles. The predicted molar refractivity (Wildman–Crippen MR) is 81.2 cm³/mol. The number of aromatic nitrogens is 2. The monoisotopic (exact) mass is 274 g/mol. The third-order valence-electron chi connectivity index (χ3n) is 3.38. The Morgan fingerprint density at radius 2 is 1.85 bits per heavy atom. The van der Waals surface area contributed by atoms with Crippen LogP contribution in [0.5, 0.6) is 5.75 Å². The maximum absolute atomic E-state index is 6.05. The molecule has 0 aliphatic carbocycles. The van der Waals surface area contributed by atoms with Gasteiger partial charge in [0.15, 0.2) is 0 Å². The second-order valence-corrected chi connectivity index (χ2v) is 4.63. The van der Waals surface area contributed by atoms with Crippen molar-refractivity contribution in [3.63, 3.8) is 0 Å². The molecule has 20 heavy (non-hydrogen) atoms. The summed E-state index contributed by atoms with van der Waals surface area (Å²) in [5.41, 5.74) is 7.98. The molecule has 1 aromatic heterocycles. The van der Waals surface area contributed by atoms with Gasteiger partial charge in [-0.3, -0.25) is 4.90 Å². The van der Waals surface area contributed by atoms with Crippen molar-refractivity contribution in [3.05, 3.63) is 36.0 Å². The lowest BCUT2D eigenvalue weighted by Crippen LogP contribution is -2.22. The number of hydrogen-bond donors (Lipinski definition) is 1. The minimum absolute atomic E-state index is 0.650. The van der Waals surface area contributed by atoms with Crippen LogP contribution in [0.25, 0.3) is 5.69 Å². The van der Waals surface area contributed by atoms with Gasteiger partial charge in [-0.15, -0.1) is 0 Å². The number of ether oxygens (including phenoxy) is 1. The van der Waals surface area contributed by atoms with Gasteiger partial charge in [0.25, 0.3) is 0 Å². The van der Waals surface area contributed by atoms with Gasteiger partial charge in [-0.2, -0.15) is 5.10 Å². The molecule has 2 N–H and O–H groups in total. The summed E-state index contributed by atoms with van der Waals surface area (Å²) in [7, 11) is 1.65. The van der Waals surface area contributed by atoms with Crippen LogP contribution in [0.3, 0.4) is 0 Å². The summed E-state index contributed by atoms with van der Waals surface area (Å²) in [4.78, 5) is 2.31. The molecule has 0 aliphatic rings. The zero-order chi connectivity index (χ0) is 14.5. The van der Waals surface area contributed by atoms with E-state index in [1.165, 1.54) is 0 Å². The quantitative estimate of drug-likeness (QED) is 0.878. The molecule has 0 saturated heterocycles. The third kappa shape index (κ3) is 3.11. The fraction of sp³-hybridized carbons (Fsp3) is 0.400. The highest BCUT2D eigenvalue weighted by atomic mass is 16.5. The summed E-state index contributed by atoms with van der Waals surface area (Å²) in [6, 6.07) is 9.64. The van der Waals surface area contributed by atoms with Crippen LogP contribution in [0.1, 0.15) is 19.5 Å². The molecule has 5 heteroatoms. The fourth-order valence-electron chi connectivity index (χ4n) is 2.13. The lowest BCUT2D eigenvalue weighted by atomic mass is 10.3. The first-order valence-corrected chi connectivity index (χ1v) is 6.89. The molecule has 0 spiro atoms. The standard InChI is InChI=1S/C15H22N4O/c1-4-18(5-2)11-12-10-15(16)19(17-12)13-6-8-14(20-3)9-7-13/h6-10H,4-5,11,16H2,1-3H3.